The molecule has 0 fully saturated rings. The third kappa shape index (κ3) is 11.3. The number of phenols is 1. The third-order valence-electron chi connectivity index (χ3n) is 5.94. The maximum absolute atomic E-state index is 13.3. The third-order valence-corrected chi connectivity index (χ3v) is 5.94. The molecule has 0 radical (unpaired) electrons. The maximum Gasteiger partial charge on any atom is 0.326 e. The molecule has 220 valence electrons. The maximum atomic E-state index is 13.3. The molecule has 10 N–H and O–H groups in total. The fraction of sp³-hybridized carbons (Fsp3) is 0.333. The van der Waals surface area contributed by atoms with Crippen LogP contribution in [-0.2, 0) is 41.6 Å². The number of aromatic hydroxyl groups is 1. The summed E-state index contributed by atoms with van der Waals surface area (Å²) >= 11 is 0. The number of hydrogen-bond donors (Lipinski definition) is 8. The molecule has 0 bridgehead atoms. The summed E-state index contributed by atoms with van der Waals surface area (Å²) in [6.07, 6.45) is -1.63. The highest BCUT2D eigenvalue weighted by Gasteiger charge is 2.31. The zero-order valence-electron chi connectivity index (χ0n) is 22.0. The van der Waals surface area contributed by atoms with Crippen LogP contribution in [0.5, 0.6) is 5.75 Å². The molecule has 0 spiro atoms. The van der Waals surface area contributed by atoms with Crippen molar-refractivity contribution in [3.63, 3.8) is 0 Å². The van der Waals surface area contributed by atoms with E-state index in [1.165, 1.54) is 24.3 Å². The SMILES string of the molecule is NC(=O)CC(N)C(=O)NC(Cc1ccc(O)cc1)C(=O)NC(CCC(=O)O)C(=O)NC(Cc1ccccc1)C(=O)O. The lowest BCUT2D eigenvalue weighted by Crippen LogP contribution is -2.58. The van der Waals surface area contributed by atoms with Gasteiger partial charge in [0.2, 0.25) is 23.6 Å². The standard InChI is InChI=1S/C27H33N5O9/c28-18(14-22(29)34)24(37)31-20(12-16-6-8-17(33)9-7-16)26(39)30-19(10-11-23(35)36)25(38)32-21(27(40)41)13-15-4-2-1-3-5-15/h1-9,18-21,33H,10-14,28H2,(H2,29,34)(H,30,39)(H,31,37)(H,32,38)(H,35,36)(H,40,41). The second kappa shape index (κ2) is 15.6. The van der Waals surface area contributed by atoms with E-state index in [9.17, 15) is 39.0 Å². The number of nitrogens with one attached hydrogen (secondary N) is 3. The number of amides is 4. The van der Waals surface area contributed by atoms with Gasteiger partial charge in [0, 0.05) is 19.3 Å². The summed E-state index contributed by atoms with van der Waals surface area (Å²) in [7, 11) is 0. The van der Waals surface area contributed by atoms with Crippen molar-refractivity contribution in [2.45, 2.75) is 56.3 Å². The van der Waals surface area contributed by atoms with Gasteiger partial charge < -0.3 is 42.7 Å². The van der Waals surface area contributed by atoms with Crippen LogP contribution >= 0.6 is 0 Å². The molecule has 14 nitrogen and oxygen atoms in total. The Labute approximate surface area is 235 Å². The molecule has 0 aliphatic carbocycles. The Balaban J connectivity index is 2.26. The Kier molecular flexibility index (Phi) is 12.2. The van der Waals surface area contributed by atoms with Gasteiger partial charge in [0.05, 0.1) is 12.5 Å². The number of phenolic OH excluding ortho intramolecular Hbond substituents is 1. The minimum absolute atomic E-state index is 0.0452. The largest absolute Gasteiger partial charge is 0.508 e. The molecule has 4 atom stereocenters. The number of primary amides is 1. The van der Waals surface area contributed by atoms with E-state index in [0.29, 0.717) is 11.1 Å². The van der Waals surface area contributed by atoms with Crippen molar-refractivity contribution in [3.05, 3.63) is 65.7 Å². The highest BCUT2D eigenvalue weighted by Crippen LogP contribution is 2.12. The smallest absolute Gasteiger partial charge is 0.326 e. The Morgan fingerprint density at radius 2 is 1.22 bits per heavy atom. The van der Waals surface area contributed by atoms with Gasteiger partial charge in [-0.2, -0.15) is 0 Å². The van der Waals surface area contributed by atoms with Crippen LogP contribution in [0.4, 0.5) is 0 Å². The fourth-order valence-corrected chi connectivity index (χ4v) is 3.80. The van der Waals surface area contributed by atoms with Crippen molar-refractivity contribution in [2.75, 3.05) is 0 Å². The number of carbonyl (C=O) groups excluding carboxylic acids is 4. The van der Waals surface area contributed by atoms with Crippen LogP contribution < -0.4 is 27.4 Å². The molecular weight excluding hydrogens is 538 g/mol. The Morgan fingerprint density at radius 3 is 1.78 bits per heavy atom. The fourth-order valence-electron chi connectivity index (χ4n) is 3.80. The molecule has 0 saturated heterocycles. The van der Waals surface area contributed by atoms with Crippen molar-refractivity contribution < 1.29 is 44.1 Å². The number of nitrogens with two attached hydrogens (primary N) is 2. The molecule has 2 aromatic rings. The lowest BCUT2D eigenvalue weighted by Gasteiger charge is -2.25. The number of carbonyl (C=O) groups is 6. The molecule has 4 unspecified atom stereocenters. The molecule has 2 rings (SSSR count). The highest BCUT2D eigenvalue weighted by atomic mass is 16.4. The van der Waals surface area contributed by atoms with Crippen molar-refractivity contribution in [1.29, 1.82) is 0 Å². The van der Waals surface area contributed by atoms with Crippen LogP contribution in [-0.4, -0.2) is 75.1 Å². The average Bonchev–Trinajstić information content (AvgIpc) is 2.91. The normalized spacial score (nSPS) is 13.6. The van der Waals surface area contributed by atoms with Crippen molar-refractivity contribution >= 4 is 35.6 Å². The topological polar surface area (TPSA) is 251 Å². The molecule has 0 heterocycles. The van der Waals surface area contributed by atoms with Crippen molar-refractivity contribution in [3.8, 4) is 5.75 Å². The van der Waals surface area contributed by atoms with Gasteiger partial charge in [-0.05, 0) is 29.7 Å². The van der Waals surface area contributed by atoms with E-state index in [4.69, 9.17) is 16.6 Å². The van der Waals surface area contributed by atoms with Crippen LogP contribution in [0.15, 0.2) is 54.6 Å². The molecular formula is C27H33N5O9. The summed E-state index contributed by atoms with van der Waals surface area (Å²) in [6.45, 7) is 0. The van der Waals surface area contributed by atoms with E-state index in [2.05, 4.69) is 16.0 Å². The minimum atomic E-state index is -1.48. The number of rotatable bonds is 16. The zero-order chi connectivity index (χ0) is 30.5. The summed E-state index contributed by atoms with van der Waals surface area (Å²) in [6, 6.07) is 8.58. The minimum Gasteiger partial charge on any atom is -0.508 e. The first kappa shape index (κ1) is 32.2. The molecule has 0 aromatic heterocycles. The van der Waals surface area contributed by atoms with Gasteiger partial charge in [-0.25, -0.2) is 4.79 Å². The quantitative estimate of drug-likeness (QED) is 0.119. The monoisotopic (exact) mass is 571 g/mol. The summed E-state index contributed by atoms with van der Waals surface area (Å²) in [5.41, 5.74) is 11.9. The Hall–Kier alpha value is -4.98. The predicted molar refractivity (Wildman–Crippen MR) is 144 cm³/mol. The van der Waals surface area contributed by atoms with E-state index in [-0.39, 0.29) is 25.0 Å². The molecule has 14 heteroatoms. The van der Waals surface area contributed by atoms with Crippen molar-refractivity contribution in [2.24, 2.45) is 11.5 Å². The van der Waals surface area contributed by atoms with Gasteiger partial charge in [0.1, 0.15) is 23.9 Å². The van der Waals surface area contributed by atoms with Crippen LogP contribution in [0.3, 0.4) is 0 Å². The van der Waals surface area contributed by atoms with Crippen LogP contribution in [0.25, 0.3) is 0 Å². The number of carboxylic acids is 2. The lowest BCUT2D eigenvalue weighted by molar-refractivity contribution is -0.143. The lowest BCUT2D eigenvalue weighted by atomic mass is 10.0. The number of carboxylic acid groups (broad SMARTS) is 2. The van der Waals surface area contributed by atoms with Gasteiger partial charge >= 0.3 is 11.9 Å². The van der Waals surface area contributed by atoms with E-state index in [0.717, 1.165) is 0 Å². The number of hydrogen-bond acceptors (Lipinski definition) is 8. The van der Waals surface area contributed by atoms with Gasteiger partial charge in [-0.3, -0.25) is 24.0 Å². The summed E-state index contributed by atoms with van der Waals surface area (Å²) in [4.78, 5) is 73.2. The van der Waals surface area contributed by atoms with Gasteiger partial charge in [0.25, 0.3) is 0 Å². The second-order valence-electron chi connectivity index (χ2n) is 9.29. The Bertz CT molecular complexity index is 1240. The first-order valence-electron chi connectivity index (χ1n) is 12.6. The summed E-state index contributed by atoms with van der Waals surface area (Å²) < 4.78 is 0. The van der Waals surface area contributed by atoms with Crippen LogP contribution in [0, 0.1) is 0 Å². The highest BCUT2D eigenvalue weighted by molar-refractivity contribution is 5.95. The Morgan fingerprint density at radius 1 is 0.707 bits per heavy atom. The van der Waals surface area contributed by atoms with Gasteiger partial charge in [-0.15, -0.1) is 0 Å². The molecule has 2 aromatic carbocycles. The van der Waals surface area contributed by atoms with E-state index < -0.39 is 72.6 Å². The van der Waals surface area contributed by atoms with Gasteiger partial charge in [-0.1, -0.05) is 42.5 Å². The van der Waals surface area contributed by atoms with Crippen LogP contribution in [0.2, 0.25) is 0 Å². The molecule has 4 amide bonds. The summed E-state index contributed by atoms with van der Waals surface area (Å²) in [5, 5.41) is 35.5. The molecule has 0 aliphatic rings. The second-order valence-corrected chi connectivity index (χ2v) is 9.29. The summed E-state index contributed by atoms with van der Waals surface area (Å²) in [5.74, 6) is -6.23. The van der Waals surface area contributed by atoms with Crippen LogP contribution in [0.1, 0.15) is 30.4 Å². The van der Waals surface area contributed by atoms with Crippen molar-refractivity contribution in [1.82, 2.24) is 16.0 Å². The number of aliphatic carboxylic acids is 2. The van der Waals surface area contributed by atoms with E-state index >= 15 is 0 Å². The van der Waals surface area contributed by atoms with E-state index in [1.54, 1.807) is 30.3 Å². The van der Waals surface area contributed by atoms with Gasteiger partial charge in [0.15, 0.2) is 0 Å². The predicted octanol–water partition coefficient (Wildman–Crippen LogP) is -1.22. The zero-order valence-corrected chi connectivity index (χ0v) is 22.0. The first-order valence-corrected chi connectivity index (χ1v) is 12.6. The van der Waals surface area contributed by atoms with E-state index in [1.807, 2.05) is 0 Å². The number of benzene rings is 2. The first-order chi connectivity index (χ1) is 19.3. The molecule has 41 heavy (non-hydrogen) atoms. The average molecular weight is 572 g/mol. The molecule has 0 saturated carbocycles. The molecule has 0 aliphatic heterocycles.